The van der Waals surface area contributed by atoms with Crippen molar-refractivity contribution >= 4 is 49.6 Å². The summed E-state index contributed by atoms with van der Waals surface area (Å²) in [7, 11) is 0. The van der Waals surface area contributed by atoms with Crippen LogP contribution in [0.5, 0.6) is 0 Å². The number of para-hydroxylation sites is 3. The first-order valence-electron chi connectivity index (χ1n) is 22.7. The van der Waals surface area contributed by atoms with Crippen LogP contribution >= 0.6 is 0 Å². The first-order valence-corrected chi connectivity index (χ1v) is 22.7. The van der Waals surface area contributed by atoms with Gasteiger partial charge in [0.1, 0.15) is 0 Å². The van der Waals surface area contributed by atoms with Gasteiger partial charge in [-0.2, -0.15) is 0 Å². The number of hydrogen-bond donors (Lipinski definition) is 0. The second-order valence-electron chi connectivity index (χ2n) is 16.8. The molecule has 0 spiro atoms. The fourth-order valence-corrected chi connectivity index (χ4v) is 9.97. The van der Waals surface area contributed by atoms with Gasteiger partial charge in [0.15, 0.2) is 0 Å². The standard InChI is InChI=1S/C64H44N2/c1-3-17-45(18-4-1)56-29-15-19-49-20-16-30-57(64(49)56)48-37-41-52(42-38-48)65(50-21-5-2-6-22-50)51-39-33-46(34-40-51)54-23-7-9-25-58(54)59-26-10-8-24-55(59)47-35-43-53(44-36-47)66-62-31-13-11-27-60(62)61-28-12-14-32-63(61)66/h1-44H. The lowest BCUT2D eigenvalue weighted by atomic mass is 9.89. The van der Waals surface area contributed by atoms with E-state index in [0.717, 1.165) is 22.7 Å². The van der Waals surface area contributed by atoms with Gasteiger partial charge >= 0.3 is 0 Å². The van der Waals surface area contributed by atoms with Crippen molar-refractivity contribution in [1.82, 2.24) is 4.57 Å². The molecular formula is C64H44N2. The lowest BCUT2D eigenvalue weighted by Crippen LogP contribution is -2.09. The predicted octanol–water partition coefficient (Wildman–Crippen LogP) is 17.7. The van der Waals surface area contributed by atoms with Gasteiger partial charge in [0.05, 0.1) is 11.0 Å². The molecule has 0 saturated carbocycles. The van der Waals surface area contributed by atoms with E-state index in [-0.39, 0.29) is 0 Å². The van der Waals surface area contributed by atoms with Crippen LogP contribution in [-0.2, 0) is 0 Å². The minimum Gasteiger partial charge on any atom is -0.311 e. The highest BCUT2D eigenvalue weighted by Crippen LogP contribution is 2.43. The molecule has 12 aromatic rings. The highest BCUT2D eigenvalue weighted by molar-refractivity contribution is 6.09. The summed E-state index contributed by atoms with van der Waals surface area (Å²) in [6.07, 6.45) is 0. The number of fused-ring (bicyclic) bond motifs is 4. The minimum absolute atomic E-state index is 1.09. The molecule has 310 valence electrons. The zero-order valence-corrected chi connectivity index (χ0v) is 36.3. The quantitative estimate of drug-likeness (QED) is 0.141. The lowest BCUT2D eigenvalue weighted by Gasteiger charge is -2.26. The monoisotopic (exact) mass is 840 g/mol. The van der Waals surface area contributed by atoms with Crippen molar-refractivity contribution in [3.8, 4) is 61.3 Å². The molecule has 12 rings (SSSR count). The average Bonchev–Trinajstić information content (AvgIpc) is 3.74. The van der Waals surface area contributed by atoms with Gasteiger partial charge in [-0.3, -0.25) is 0 Å². The van der Waals surface area contributed by atoms with Crippen LogP contribution in [-0.4, -0.2) is 4.57 Å². The van der Waals surface area contributed by atoms with Crippen molar-refractivity contribution < 1.29 is 0 Å². The number of benzene rings is 11. The van der Waals surface area contributed by atoms with Crippen molar-refractivity contribution in [2.24, 2.45) is 0 Å². The molecular weight excluding hydrogens is 797 g/mol. The molecule has 1 aromatic heterocycles. The van der Waals surface area contributed by atoms with Gasteiger partial charge < -0.3 is 9.47 Å². The van der Waals surface area contributed by atoms with Gasteiger partial charge in [-0.15, -0.1) is 0 Å². The molecule has 0 aliphatic carbocycles. The van der Waals surface area contributed by atoms with Crippen molar-refractivity contribution in [2.45, 2.75) is 0 Å². The van der Waals surface area contributed by atoms with E-state index in [1.165, 1.54) is 88.2 Å². The van der Waals surface area contributed by atoms with E-state index in [4.69, 9.17) is 0 Å². The SMILES string of the molecule is c1ccc(-c2cccc3cccc(-c4ccc(N(c5ccccc5)c5ccc(-c6ccccc6-c6ccccc6-c6ccc(-n7c8ccccc8c8ccccc87)cc6)cc5)cc4)c23)cc1. The van der Waals surface area contributed by atoms with Gasteiger partial charge in [0.25, 0.3) is 0 Å². The van der Waals surface area contributed by atoms with E-state index in [1.54, 1.807) is 0 Å². The smallest absolute Gasteiger partial charge is 0.0541 e. The molecule has 0 N–H and O–H groups in total. The zero-order chi connectivity index (χ0) is 43.8. The van der Waals surface area contributed by atoms with Crippen LogP contribution in [0.25, 0.3) is 93.9 Å². The Morgan fingerprint density at radius 2 is 0.606 bits per heavy atom. The summed E-state index contributed by atoms with van der Waals surface area (Å²) in [5, 5.41) is 5.04. The normalized spacial score (nSPS) is 11.3. The molecule has 0 aliphatic heterocycles. The molecule has 0 atom stereocenters. The maximum Gasteiger partial charge on any atom is 0.0541 e. The van der Waals surface area contributed by atoms with Crippen molar-refractivity contribution in [2.75, 3.05) is 4.90 Å². The summed E-state index contributed by atoms with van der Waals surface area (Å²) in [5.41, 5.74) is 18.9. The molecule has 0 amide bonds. The Bertz CT molecular complexity index is 3600. The summed E-state index contributed by atoms with van der Waals surface area (Å²) in [6.45, 7) is 0. The van der Waals surface area contributed by atoms with Crippen LogP contribution in [0.15, 0.2) is 267 Å². The first-order chi connectivity index (χ1) is 32.8. The number of hydrogen-bond acceptors (Lipinski definition) is 1. The average molecular weight is 841 g/mol. The molecule has 0 bridgehead atoms. The Labute approximate surface area is 385 Å². The second kappa shape index (κ2) is 16.8. The van der Waals surface area contributed by atoms with E-state index >= 15 is 0 Å². The fourth-order valence-electron chi connectivity index (χ4n) is 9.97. The number of aromatic nitrogens is 1. The van der Waals surface area contributed by atoms with E-state index in [0.29, 0.717) is 0 Å². The molecule has 1 heterocycles. The van der Waals surface area contributed by atoms with Crippen LogP contribution in [0.1, 0.15) is 0 Å². The Hall–Kier alpha value is -8.72. The van der Waals surface area contributed by atoms with E-state index in [1.807, 2.05) is 0 Å². The van der Waals surface area contributed by atoms with Crippen LogP contribution < -0.4 is 4.90 Å². The second-order valence-corrected chi connectivity index (χ2v) is 16.8. The molecule has 0 radical (unpaired) electrons. The first kappa shape index (κ1) is 38.9. The van der Waals surface area contributed by atoms with Crippen LogP contribution in [0, 0.1) is 0 Å². The largest absolute Gasteiger partial charge is 0.311 e. The topological polar surface area (TPSA) is 8.17 Å². The van der Waals surface area contributed by atoms with E-state index in [9.17, 15) is 0 Å². The van der Waals surface area contributed by atoms with Crippen LogP contribution in [0.2, 0.25) is 0 Å². The number of anilines is 3. The summed E-state index contributed by atoms with van der Waals surface area (Å²) in [6, 6.07) is 96.7. The zero-order valence-electron chi connectivity index (χ0n) is 36.3. The van der Waals surface area contributed by atoms with E-state index < -0.39 is 0 Å². The highest BCUT2D eigenvalue weighted by Gasteiger charge is 2.18. The Balaban J connectivity index is 0.879. The maximum absolute atomic E-state index is 2.38. The molecule has 2 heteroatoms. The third-order valence-corrected chi connectivity index (χ3v) is 13.0. The van der Waals surface area contributed by atoms with Crippen LogP contribution in [0.4, 0.5) is 17.1 Å². The molecule has 0 aliphatic rings. The molecule has 2 nitrogen and oxygen atoms in total. The number of rotatable bonds is 9. The Kier molecular flexibility index (Phi) is 9.89. The van der Waals surface area contributed by atoms with Gasteiger partial charge in [-0.25, -0.2) is 0 Å². The van der Waals surface area contributed by atoms with Crippen molar-refractivity contribution in [1.29, 1.82) is 0 Å². The Morgan fingerprint density at radius 3 is 1.12 bits per heavy atom. The third kappa shape index (κ3) is 6.93. The number of nitrogens with zero attached hydrogens (tertiary/aromatic N) is 2. The summed E-state index contributed by atoms with van der Waals surface area (Å²) >= 11 is 0. The minimum atomic E-state index is 1.09. The molecule has 11 aromatic carbocycles. The van der Waals surface area contributed by atoms with Crippen LogP contribution in [0.3, 0.4) is 0 Å². The fraction of sp³-hybridized carbons (Fsp3) is 0. The summed E-state index contributed by atoms with van der Waals surface area (Å²) in [5.74, 6) is 0. The summed E-state index contributed by atoms with van der Waals surface area (Å²) < 4.78 is 2.38. The van der Waals surface area contributed by atoms with Gasteiger partial charge in [-0.05, 0) is 127 Å². The molecule has 0 saturated heterocycles. The summed E-state index contributed by atoms with van der Waals surface area (Å²) in [4.78, 5) is 2.34. The lowest BCUT2D eigenvalue weighted by molar-refractivity contribution is 1.18. The highest BCUT2D eigenvalue weighted by atomic mass is 15.1. The van der Waals surface area contributed by atoms with Crippen molar-refractivity contribution in [3.05, 3.63) is 267 Å². The predicted molar refractivity (Wildman–Crippen MR) is 280 cm³/mol. The Morgan fingerprint density at radius 1 is 0.242 bits per heavy atom. The third-order valence-electron chi connectivity index (χ3n) is 13.0. The van der Waals surface area contributed by atoms with Crippen molar-refractivity contribution in [3.63, 3.8) is 0 Å². The molecule has 0 unspecified atom stereocenters. The van der Waals surface area contributed by atoms with Gasteiger partial charge in [0.2, 0.25) is 0 Å². The van der Waals surface area contributed by atoms with Gasteiger partial charge in [-0.1, -0.05) is 206 Å². The van der Waals surface area contributed by atoms with E-state index in [2.05, 4.69) is 276 Å². The van der Waals surface area contributed by atoms with Gasteiger partial charge in [0, 0.05) is 33.5 Å². The molecule has 0 fully saturated rings. The molecule has 66 heavy (non-hydrogen) atoms. The maximum atomic E-state index is 2.38.